The number of carbonyl (C=O) groups excluding carboxylic acids is 1. The third-order valence-corrected chi connectivity index (χ3v) is 6.12. The average Bonchev–Trinajstić information content (AvgIpc) is 3.03. The maximum Gasteiger partial charge on any atom is 0.223 e. The van der Waals surface area contributed by atoms with Gasteiger partial charge >= 0.3 is 0 Å². The molecule has 2 aliphatic rings. The molecule has 5 heteroatoms. The van der Waals surface area contributed by atoms with Crippen LogP contribution in [0.5, 0.6) is 5.75 Å². The summed E-state index contributed by atoms with van der Waals surface area (Å²) in [6.45, 7) is 1.36. The number of nitrogens with zero attached hydrogens (tertiary/aromatic N) is 1. The summed E-state index contributed by atoms with van der Waals surface area (Å²) in [5, 5.41) is 0. The van der Waals surface area contributed by atoms with Crippen LogP contribution in [0, 0.1) is 0 Å². The SMILES string of the molecule is O=C1CC[C@@H]2c3ccc(OCCCCl)cc3[C@@H](c3ccc(Br)cc3)CN12. The van der Waals surface area contributed by atoms with Crippen molar-refractivity contribution in [3.8, 4) is 5.75 Å². The van der Waals surface area contributed by atoms with E-state index in [0.717, 1.165) is 29.6 Å². The first-order chi connectivity index (χ1) is 12.7. The van der Waals surface area contributed by atoms with Gasteiger partial charge in [0, 0.05) is 29.2 Å². The zero-order valence-corrected chi connectivity index (χ0v) is 16.8. The predicted octanol–water partition coefficient (Wildman–Crippen LogP) is 5.27. The molecule has 0 aromatic heterocycles. The van der Waals surface area contributed by atoms with Gasteiger partial charge in [0.25, 0.3) is 0 Å². The second-order valence-electron chi connectivity index (χ2n) is 6.89. The third kappa shape index (κ3) is 3.37. The first-order valence-corrected chi connectivity index (χ1v) is 10.4. The minimum absolute atomic E-state index is 0.174. The molecule has 1 amide bonds. The molecular formula is C21H21BrClNO2. The number of fused-ring (bicyclic) bond motifs is 3. The molecule has 26 heavy (non-hydrogen) atoms. The van der Waals surface area contributed by atoms with Gasteiger partial charge in [-0.15, -0.1) is 11.6 Å². The molecule has 0 radical (unpaired) electrons. The van der Waals surface area contributed by atoms with E-state index in [2.05, 4.69) is 57.2 Å². The highest BCUT2D eigenvalue weighted by Crippen LogP contribution is 2.45. The van der Waals surface area contributed by atoms with Crippen LogP contribution in [0.3, 0.4) is 0 Å². The Kier molecular flexibility index (Phi) is 5.23. The number of ether oxygens (including phenoxy) is 1. The molecule has 0 spiro atoms. The van der Waals surface area contributed by atoms with Crippen molar-refractivity contribution >= 4 is 33.4 Å². The summed E-state index contributed by atoms with van der Waals surface area (Å²) in [6, 6.07) is 14.9. The van der Waals surface area contributed by atoms with Gasteiger partial charge in [-0.25, -0.2) is 0 Å². The smallest absolute Gasteiger partial charge is 0.223 e. The largest absolute Gasteiger partial charge is 0.494 e. The van der Waals surface area contributed by atoms with Crippen LogP contribution in [0.2, 0.25) is 0 Å². The van der Waals surface area contributed by atoms with E-state index in [1.54, 1.807) is 0 Å². The fraction of sp³-hybridized carbons (Fsp3) is 0.381. The van der Waals surface area contributed by atoms with Crippen LogP contribution >= 0.6 is 27.5 Å². The Morgan fingerprint density at radius 1 is 1.15 bits per heavy atom. The second-order valence-corrected chi connectivity index (χ2v) is 8.18. The summed E-state index contributed by atoms with van der Waals surface area (Å²) >= 11 is 9.26. The van der Waals surface area contributed by atoms with Crippen molar-refractivity contribution < 1.29 is 9.53 Å². The van der Waals surface area contributed by atoms with Crippen LogP contribution < -0.4 is 4.74 Å². The van der Waals surface area contributed by atoms with E-state index in [1.165, 1.54) is 16.7 Å². The molecule has 136 valence electrons. The van der Waals surface area contributed by atoms with Crippen LogP contribution in [0.1, 0.15) is 47.9 Å². The highest BCUT2D eigenvalue weighted by atomic mass is 79.9. The minimum atomic E-state index is 0.174. The molecule has 0 aliphatic carbocycles. The Morgan fingerprint density at radius 2 is 1.96 bits per heavy atom. The predicted molar refractivity (Wildman–Crippen MR) is 107 cm³/mol. The first kappa shape index (κ1) is 17.9. The Hall–Kier alpha value is -1.52. The fourth-order valence-electron chi connectivity index (χ4n) is 4.05. The van der Waals surface area contributed by atoms with Crippen molar-refractivity contribution in [1.82, 2.24) is 4.90 Å². The van der Waals surface area contributed by atoms with E-state index < -0.39 is 0 Å². The van der Waals surface area contributed by atoms with E-state index in [-0.39, 0.29) is 17.9 Å². The lowest BCUT2D eigenvalue weighted by Gasteiger charge is -2.38. The van der Waals surface area contributed by atoms with Gasteiger partial charge in [0.2, 0.25) is 5.91 Å². The van der Waals surface area contributed by atoms with Crippen molar-refractivity contribution in [3.63, 3.8) is 0 Å². The molecule has 2 heterocycles. The van der Waals surface area contributed by atoms with Gasteiger partial charge in [0.05, 0.1) is 12.6 Å². The second kappa shape index (κ2) is 7.61. The fourth-order valence-corrected chi connectivity index (χ4v) is 4.43. The number of hydrogen-bond acceptors (Lipinski definition) is 2. The van der Waals surface area contributed by atoms with Gasteiger partial charge in [0.1, 0.15) is 5.75 Å². The molecule has 0 unspecified atom stereocenters. The molecular weight excluding hydrogens is 414 g/mol. The first-order valence-electron chi connectivity index (χ1n) is 9.05. The lowest BCUT2D eigenvalue weighted by Crippen LogP contribution is -2.37. The van der Waals surface area contributed by atoms with Crippen LogP contribution in [0.15, 0.2) is 46.9 Å². The summed E-state index contributed by atoms with van der Waals surface area (Å²) < 4.78 is 6.94. The highest BCUT2D eigenvalue weighted by Gasteiger charge is 2.40. The minimum Gasteiger partial charge on any atom is -0.494 e. The zero-order valence-electron chi connectivity index (χ0n) is 14.5. The third-order valence-electron chi connectivity index (χ3n) is 5.32. The molecule has 0 bridgehead atoms. The Labute approximate surface area is 167 Å². The number of carbonyl (C=O) groups is 1. The van der Waals surface area contributed by atoms with Gasteiger partial charge in [-0.2, -0.15) is 0 Å². The zero-order chi connectivity index (χ0) is 18.1. The average molecular weight is 435 g/mol. The number of benzene rings is 2. The van der Waals surface area contributed by atoms with E-state index in [4.69, 9.17) is 16.3 Å². The number of halogens is 2. The molecule has 2 aliphatic heterocycles. The van der Waals surface area contributed by atoms with E-state index >= 15 is 0 Å². The lowest BCUT2D eigenvalue weighted by molar-refractivity contribution is -0.129. The molecule has 0 N–H and O–H groups in total. The monoisotopic (exact) mass is 433 g/mol. The molecule has 3 nitrogen and oxygen atoms in total. The summed E-state index contributed by atoms with van der Waals surface area (Å²) in [5.41, 5.74) is 3.77. The lowest BCUT2D eigenvalue weighted by atomic mass is 9.81. The van der Waals surface area contributed by atoms with Crippen molar-refractivity contribution in [2.45, 2.75) is 31.2 Å². The Bertz CT molecular complexity index is 808. The van der Waals surface area contributed by atoms with Gasteiger partial charge in [0.15, 0.2) is 0 Å². The molecule has 1 saturated heterocycles. The van der Waals surface area contributed by atoms with Crippen LogP contribution in [0.4, 0.5) is 0 Å². The van der Waals surface area contributed by atoms with Gasteiger partial charge in [-0.3, -0.25) is 4.79 Å². The number of alkyl halides is 1. The Balaban J connectivity index is 1.72. The quantitative estimate of drug-likeness (QED) is 0.474. The molecule has 4 rings (SSSR count). The molecule has 2 aromatic rings. The molecule has 1 fully saturated rings. The normalized spacial score (nSPS) is 21.5. The van der Waals surface area contributed by atoms with Crippen molar-refractivity contribution in [2.75, 3.05) is 19.0 Å². The summed E-state index contributed by atoms with van der Waals surface area (Å²) in [5.74, 6) is 1.93. The Morgan fingerprint density at radius 3 is 2.73 bits per heavy atom. The number of hydrogen-bond donors (Lipinski definition) is 0. The van der Waals surface area contributed by atoms with Crippen LogP contribution in [-0.4, -0.2) is 29.8 Å². The topological polar surface area (TPSA) is 29.5 Å². The summed E-state index contributed by atoms with van der Waals surface area (Å²) in [7, 11) is 0. The van der Waals surface area contributed by atoms with Gasteiger partial charge in [-0.1, -0.05) is 34.1 Å². The maximum atomic E-state index is 12.4. The van der Waals surface area contributed by atoms with Crippen molar-refractivity contribution in [2.24, 2.45) is 0 Å². The van der Waals surface area contributed by atoms with E-state index in [0.29, 0.717) is 18.9 Å². The van der Waals surface area contributed by atoms with Gasteiger partial charge in [-0.05, 0) is 53.8 Å². The van der Waals surface area contributed by atoms with Crippen LogP contribution in [0.25, 0.3) is 0 Å². The maximum absolute atomic E-state index is 12.4. The molecule has 2 atom stereocenters. The van der Waals surface area contributed by atoms with Crippen molar-refractivity contribution in [1.29, 1.82) is 0 Å². The van der Waals surface area contributed by atoms with E-state index in [1.807, 2.05) is 6.07 Å². The summed E-state index contributed by atoms with van der Waals surface area (Å²) in [6.07, 6.45) is 2.39. The van der Waals surface area contributed by atoms with Crippen LogP contribution in [-0.2, 0) is 4.79 Å². The van der Waals surface area contributed by atoms with Gasteiger partial charge < -0.3 is 9.64 Å². The highest BCUT2D eigenvalue weighted by molar-refractivity contribution is 9.10. The molecule has 2 aromatic carbocycles. The number of amides is 1. The number of rotatable bonds is 5. The summed E-state index contributed by atoms with van der Waals surface area (Å²) in [4.78, 5) is 14.4. The standard InChI is InChI=1S/C21H21BrClNO2/c22-15-4-2-14(3-5-15)19-13-24-20(8-9-21(24)25)17-7-6-16(12-18(17)19)26-11-1-10-23/h2-7,12,19-20H,1,8-11,13H2/t19-,20-/m1/s1. The van der Waals surface area contributed by atoms with E-state index in [9.17, 15) is 4.79 Å². The molecule has 0 saturated carbocycles. The van der Waals surface area contributed by atoms with Crippen molar-refractivity contribution in [3.05, 3.63) is 63.6 Å².